The van der Waals surface area contributed by atoms with Gasteiger partial charge in [-0.25, -0.2) is 4.98 Å². The molecule has 0 bridgehead atoms. The molecule has 1 aromatic heterocycles. The lowest BCUT2D eigenvalue weighted by Crippen LogP contribution is -2.30. The minimum atomic E-state index is 0.00433. The van der Waals surface area contributed by atoms with Crippen molar-refractivity contribution in [3.05, 3.63) is 34.9 Å². The van der Waals surface area contributed by atoms with Crippen molar-refractivity contribution in [2.24, 2.45) is 16.5 Å². The van der Waals surface area contributed by atoms with Crippen LogP contribution in [0.15, 0.2) is 23.7 Å². The molecule has 0 aromatic carbocycles. The predicted octanol–water partition coefficient (Wildman–Crippen LogP) is 1.09. The topological polar surface area (TPSA) is 77.3 Å². The molecule has 0 saturated carbocycles. The molecule has 0 radical (unpaired) electrons. The summed E-state index contributed by atoms with van der Waals surface area (Å²) in [5.74, 6) is 0.515. The first-order valence-corrected chi connectivity index (χ1v) is 5.95. The normalized spacial score (nSPS) is 11.6. The summed E-state index contributed by atoms with van der Waals surface area (Å²) in [7, 11) is 0. The second kappa shape index (κ2) is 8.06. The minimum absolute atomic E-state index is 0.00433. The van der Waals surface area contributed by atoms with Gasteiger partial charge in [-0.05, 0) is 36.8 Å². The smallest absolute Gasteiger partial charge is 0.192 e. The van der Waals surface area contributed by atoms with E-state index in [2.05, 4.69) is 16.6 Å². The highest BCUT2D eigenvalue weighted by Crippen LogP contribution is 2.03. The summed E-state index contributed by atoms with van der Waals surface area (Å²) >= 11 is 0. The molecular formula is C14H22N4. The number of nitrogens with two attached hydrogens (primary N) is 2. The first kappa shape index (κ1) is 15.9. The van der Waals surface area contributed by atoms with E-state index < -0.39 is 0 Å². The van der Waals surface area contributed by atoms with Crippen LogP contribution in [0, 0.1) is 6.92 Å². The van der Waals surface area contributed by atoms with Gasteiger partial charge in [-0.15, -0.1) is 0 Å². The molecular weight excluding hydrogens is 224 g/mol. The zero-order valence-corrected chi connectivity index (χ0v) is 11.6. The Morgan fingerprint density at radius 3 is 2.44 bits per heavy atom. The number of nitrogens with zero attached hydrogens (tertiary/aromatic N) is 2. The maximum absolute atomic E-state index is 5.32. The SMILES string of the molecule is C=C/C=c1/nc(N=C(N)N)cc(C)/c1=C/C.CC. The lowest BCUT2D eigenvalue weighted by atomic mass is 10.2. The molecule has 1 rings (SSSR count). The third kappa shape index (κ3) is 4.41. The minimum Gasteiger partial charge on any atom is -0.370 e. The van der Waals surface area contributed by atoms with Crippen molar-refractivity contribution in [1.29, 1.82) is 0 Å². The first-order valence-electron chi connectivity index (χ1n) is 5.95. The van der Waals surface area contributed by atoms with E-state index in [1.54, 1.807) is 6.08 Å². The summed E-state index contributed by atoms with van der Waals surface area (Å²) in [5, 5.41) is 1.88. The van der Waals surface area contributed by atoms with E-state index in [-0.39, 0.29) is 5.96 Å². The third-order valence-corrected chi connectivity index (χ3v) is 2.09. The highest BCUT2D eigenvalue weighted by Gasteiger charge is 1.97. The van der Waals surface area contributed by atoms with Crippen molar-refractivity contribution < 1.29 is 0 Å². The van der Waals surface area contributed by atoms with E-state index in [9.17, 15) is 0 Å². The highest BCUT2D eigenvalue weighted by atomic mass is 15.0. The van der Waals surface area contributed by atoms with Crippen LogP contribution in [0.1, 0.15) is 26.3 Å². The molecule has 1 heterocycles. The van der Waals surface area contributed by atoms with Crippen molar-refractivity contribution in [1.82, 2.24) is 4.98 Å². The van der Waals surface area contributed by atoms with Gasteiger partial charge in [-0.1, -0.05) is 32.6 Å². The van der Waals surface area contributed by atoms with Crippen LogP contribution in [0.5, 0.6) is 0 Å². The molecule has 1 aromatic rings. The summed E-state index contributed by atoms with van der Waals surface area (Å²) in [5.41, 5.74) is 11.7. The maximum Gasteiger partial charge on any atom is 0.192 e. The van der Waals surface area contributed by atoms with Gasteiger partial charge in [0.15, 0.2) is 11.8 Å². The van der Waals surface area contributed by atoms with Crippen LogP contribution in [-0.4, -0.2) is 10.9 Å². The zero-order chi connectivity index (χ0) is 14.1. The summed E-state index contributed by atoms with van der Waals surface area (Å²) in [4.78, 5) is 8.26. The quantitative estimate of drug-likeness (QED) is 0.605. The number of hydrogen-bond donors (Lipinski definition) is 2. The van der Waals surface area contributed by atoms with Crippen LogP contribution in [0.4, 0.5) is 5.82 Å². The van der Waals surface area contributed by atoms with E-state index in [0.717, 1.165) is 16.1 Å². The van der Waals surface area contributed by atoms with Crippen LogP contribution < -0.4 is 22.0 Å². The number of guanidine groups is 1. The van der Waals surface area contributed by atoms with Crippen molar-refractivity contribution in [2.75, 3.05) is 0 Å². The summed E-state index contributed by atoms with van der Waals surface area (Å²) in [6, 6.07) is 1.84. The molecule has 0 unspecified atom stereocenters. The van der Waals surface area contributed by atoms with Gasteiger partial charge in [-0.3, -0.25) is 0 Å². The Hall–Kier alpha value is -2.10. The lowest BCUT2D eigenvalue weighted by Gasteiger charge is -1.99. The van der Waals surface area contributed by atoms with Crippen LogP contribution >= 0.6 is 0 Å². The molecule has 0 fully saturated rings. The molecule has 0 aliphatic carbocycles. The number of aromatic nitrogens is 1. The number of pyridine rings is 1. The van der Waals surface area contributed by atoms with E-state index in [0.29, 0.717) is 5.82 Å². The Balaban J connectivity index is 0.00000137. The fourth-order valence-corrected chi connectivity index (χ4v) is 1.49. The molecule has 0 spiro atoms. The van der Waals surface area contributed by atoms with Crippen molar-refractivity contribution in [3.63, 3.8) is 0 Å². The van der Waals surface area contributed by atoms with Gasteiger partial charge < -0.3 is 11.5 Å². The number of aliphatic imine (C=N–C) groups is 1. The van der Waals surface area contributed by atoms with E-state index in [4.69, 9.17) is 11.5 Å². The van der Waals surface area contributed by atoms with Gasteiger partial charge in [-0.2, -0.15) is 4.99 Å². The number of aryl methyl sites for hydroxylation is 1. The predicted molar refractivity (Wildman–Crippen MR) is 79.8 cm³/mol. The van der Waals surface area contributed by atoms with Crippen LogP contribution in [0.25, 0.3) is 12.2 Å². The van der Waals surface area contributed by atoms with E-state index in [1.807, 2.05) is 45.9 Å². The monoisotopic (exact) mass is 246 g/mol. The Morgan fingerprint density at radius 2 is 2.00 bits per heavy atom. The maximum atomic E-state index is 5.32. The molecule has 4 heteroatoms. The number of hydrogen-bond acceptors (Lipinski definition) is 2. The van der Waals surface area contributed by atoms with Crippen molar-refractivity contribution >= 4 is 23.9 Å². The van der Waals surface area contributed by atoms with Crippen LogP contribution in [-0.2, 0) is 0 Å². The Bertz CT molecular complexity index is 538. The Labute approximate surface area is 108 Å². The Morgan fingerprint density at radius 1 is 1.39 bits per heavy atom. The molecule has 0 aliphatic heterocycles. The molecule has 18 heavy (non-hydrogen) atoms. The fourth-order valence-electron chi connectivity index (χ4n) is 1.49. The standard InChI is InChI=1S/C12H16N4.C2H6/c1-4-6-10-9(5-2)8(3)7-11(15-10)16-12(13)14;1-2/h4-7H,1H2,2-3H3,(H4,13,14,15,16);1-2H3/b9-5-,10-6+;. The molecule has 0 saturated heterocycles. The van der Waals surface area contributed by atoms with Gasteiger partial charge >= 0.3 is 0 Å². The second-order valence-electron chi connectivity index (χ2n) is 3.32. The fraction of sp³-hybridized carbons (Fsp3) is 0.286. The molecule has 4 nitrogen and oxygen atoms in total. The summed E-state index contributed by atoms with van der Waals surface area (Å²) < 4.78 is 0. The molecule has 98 valence electrons. The average Bonchev–Trinajstić information content (AvgIpc) is 2.31. The van der Waals surface area contributed by atoms with Gasteiger partial charge in [0.2, 0.25) is 0 Å². The second-order valence-corrected chi connectivity index (χ2v) is 3.32. The van der Waals surface area contributed by atoms with Gasteiger partial charge in [0.25, 0.3) is 0 Å². The molecule has 0 amide bonds. The van der Waals surface area contributed by atoms with E-state index in [1.165, 1.54) is 0 Å². The first-order chi connectivity index (χ1) is 8.58. The van der Waals surface area contributed by atoms with Crippen molar-refractivity contribution in [2.45, 2.75) is 27.7 Å². The van der Waals surface area contributed by atoms with Gasteiger partial charge in [0.05, 0.1) is 5.35 Å². The third-order valence-electron chi connectivity index (χ3n) is 2.09. The lowest BCUT2D eigenvalue weighted by molar-refractivity contribution is 1.15. The largest absolute Gasteiger partial charge is 0.370 e. The molecule has 0 aliphatic rings. The Kier molecular flexibility index (Phi) is 7.12. The van der Waals surface area contributed by atoms with Crippen LogP contribution in [0.2, 0.25) is 0 Å². The van der Waals surface area contributed by atoms with Gasteiger partial charge in [0, 0.05) is 0 Å². The highest BCUT2D eigenvalue weighted by molar-refractivity contribution is 5.78. The summed E-state index contributed by atoms with van der Waals surface area (Å²) in [6.07, 6.45) is 5.51. The average molecular weight is 246 g/mol. The molecule has 4 N–H and O–H groups in total. The molecule has 0 atom stereocenters. The van der Waals surface area contributed by atoms with E-state index >= 15 is 0 Å². The van der Waals surface area contributed by atoms with Crippen LogP contribution in [0.3, 0.4) is 0 Å². The van der Waals surface area contributed by atoms with Gasteiger partial charge in [0.1, 0.15) is 0 Å². The summed E-state index contributed by atoms with van der Waals surface area (Å²) in [6.45, 7) is 11.6. The number of rotatable bonds is 2. The van der Waals surface area contributed by atoms with Crippen molar-refractivity contribution in [3.8, 4) is 0 Å². The number of allylic oxidation sites excluding steroid dienone is 1. The zero-order valence-electron chi connectivity index (χ0n) is 11.6.